The second kappa shape index (κ2) is 9.59. The van der Waals surface area contributed by atoms with Gasteiger partial charge in [0.2, 0.25) is 5.91 Å². The van der Waals surface area contributed by atoms with E-state index in [1.54, 1.807) is 7.05 Å². The van der Waals surface area contributed by atoms with E-state index >= 15 is 0 Å². The molecule has 1 fully saturated rings. The first-order chi connectivity index (χ1) is 12.4. The molecule has 0 atom stereocenters. The number of hydrogen-bond donors (Lipinski definition) is 2. The number of aryl methyl sites for hydroxylation is 1. The minimum Gasteiger partial charge on any atom is -0.356 e. The van der Waals surface area contributed by atoms with Gasteiger partial charge >= 0.3 is 0 Å². The fourth-order valence-corrected chi connectivity index (χ4v) is 3.19. The Morgan fingerprint density at radius 3 is 2.65 bits per heavy atom. The summed E-state index contributed by atoms with van der Waals surface area (Å²) in [7, 11) is 5.79. The zero-order chi connectivity index (χ0) is 19.1. The van der Waals surface area contributed by atoms with Crippen molar-refractivity contribution >= 4 is 11.9 Å². The van der Waals surface area contributed by atoms with E-state index in [1.165, 1.54) is 12.0 Å². The van der Waals surface area contributed by atoms with Crippen molar-refractivity contribution in [2.45, 2.75) is 52.0 Å². The highest BCUT2D eigenvalue weighted by atomic mass is 16.1. The van der Waals surface area contributed by atoms with Gasteiger partial charge in [-0.15, -0.1) is 0 Å². The van der Waals surface area contributed by atoms with E-state index in [1.807, 2.05) is 18.8 Å². The molecule has 0 unspecified atom stereocenters. The molecule has 1 aliphatic rings. The van der Waals surface area contributed by atoms with Gasteiger partial charge < -0.3 is 15.5 Å². The molecule has 1 amide bonds. The summed E-state index contributed by atoms with van der Waals surface area (Å²) in [4.78, 5) is 18.3. The lowest BCUT2D eigenvalue weighted by Gasteiger charge is -2.24. The van der Waals surface area contributed by atoms with Crippen LogP contribution in [0.5, 0.6) is 0 Å². The van der Waals surface area contributed by atoms with Crippen molar-refractivity contribution in [2.75, 3.05) is 27.2 Å². The molecule has 146 valence electrons. The standard InChI is InChI=1S/C19H34N6O/c1-14(2)17-16(13-25(5)23-17)12-24(4)19(20-3)22-11-7-10-21-18(26)15-8-6-9-15/h13-15H,6-12H2,1-5H3,(H,20,22)(H,21,26). The zero-order valence-corrected chi connectivity index (χ0v) is 16.9. The van der Waals surface area contributed by atoms with Gasteiger partial charge in [0.25, 0.3) is 0 Å². The monoisotopic (exact) mass is 362 g/mol. The molecule has 2 rings (SSSR count). The summed E-state index contributed by atoms with van der Waals surface area (Å²) in [5, 5.41) is 11.0. The highest BCUT2D eigenvalue weighted by Crippen LogP contribution is 2.26. The molecular formula is C19H34N6O. The molecular weight excluding hydrogens is 328 g/mol. The SMILES string of the molecule is CN=C(NCCCNC(=O)C1CCC1)N(C)Cc1cn(C)nc1C(C)C. The van der Waals surface area contributed by atoms with Crippen molar-refractivity contribution in [1.82, 2.24) is 25.3 Å². The summed E-state index contributed by atoms with van der Waals surface area (Å²) in [5.74, 6) is 1.73. The summed E-state index contributed by atoms with van der Waals surface area (Å²) in [5.41, 5.74) is 2.36. The van der Waals surface area contributed by atoms with Crippen molar-refractivity contribution in [2.24, 2.45) is 18.0 Å². The molecule has 0 spiro atoms. The number of guanidine groups is 1. The van der Waals surface area contributed by atoms with Gasteiger partial charge in [-0.1, -0.05) is 20.3 Å². The van der Waals surface area contributed by atoms with Crippen LogP contribution in [0.1, 0.15) is 56.7 Å². The minimum absolute atomic E-state index is 0.218. The zero-order valence-electron chi connectivity index (χ0n) is 16.9. The van der Waals surface area contributed by atoms with Crippen molar-refractivity contribution in [3.05, 3.63) is 17.5 Å². The highest BCUT2D eigenvalue weighted by Gasteiger charge is 2.24. The quantitative estimate of drug-likeness (QED) is 0.420. The Hall–Kier alpha value is -2.05. The van der Waals surface area contributed by atoms with E-state index in [0.717, 1.165) is 44.0 Å². The van der Waals surface area contributed by atoms with Gasteiger partial charge in [0, 0.05) is 58.5 Å². The number of carbonyl (C=O) groups is 1. The van der Waals surface area contributed by atoms with Gasteiger partial charge in [-0.05, 0) is 25.2 Å². The molecule has 1 aromatic rings. The molecule has 2 N–H and O–H groups in total. The first kappa shape index (κ1) is 20.3. The van der Waals surface area contributed by atoms with Crippen LogP contribution in [-0.4, -0.2) is 53.7 Å². The Labute approximate surface area is 157 Å². The number of carbonyl (C=O) groups excluding carboxylic acids is 1. The van der Waals surface area contributed by atoms with Crippen LogP contribution in [0.25, 0.3) is 0 Å². The van der Waals surface area contributed by atoms with Crippen molar-refractivity contribution in [3.8, 4) is 0 Å². The molecule has 0 aliphatic heterocycles. The second-order valence-corrected chi connectivity index (χ2v) is 7.47. The average molecular weight is 363 g/mol. The molecule has 1 heterocycles. The Balaban J connectivity index is 1.74. The molecule has 0 aromatic carbocycles. The average Bonchev–Trinajstić information content (AvgIpc) is 2.89. The van der Waals surface area contributed by atoms with Crippen LogP contribution >= 0.6 is 0 Å². The first-order valence-electron chi connectivity index (χ1n) is 9.64. The van der Waals surface area contributed by atoms with Crippen molar-refractivity contribution in [3.63, 3.8) is 0 Å². The summed E-state index contributed by atoms with van der Waals surface area (Å²) < 4.78 is 1.87. The third-order valence-corrected chi connectivity index (χ3v) is 4.88. The molecule has 1 saturated carbocycles. The summed E-state index contributed by atoms with van der Waals surface area (Å²) in [6.07, 6.45) is 6.25. The number of amides is 1. The highest BCUT2D eigenvalue weighted by molar-refractivity contribution is 5.80. The predicted octanol–water partition coefficient (Wildman–Crippen LogP) is 1.86. The third kappa shape index (κ3) is 5.47. The van der Waals surface area contributed by atoms with Gasteiger partial charge in [0.05, 0.1) is 5.69 Å². The normalized spacial score (nSPS) is 15.1. The van der Waals surface area contributed by atoms with Crippen LogP contribution < -0.4 is 10.6 Å². The summed E-state index contributed by atoms with van der Waals surface area (Å²) in [6, 6.07) is 0. The minimum atomic E-state index is 0.218. The first-order valence-corrected chi connectivity index (χ1v) is 9.64. The lowest BCUT2D eigenvalue weighted by Crippen LogP contribution is -2.40. The predicted molar refractivity (Wildman–Crippen MR) is 105 cm³/mol. The lowest BCUT2D eigenvalue weighted by molar-refractivity contribution is -0.127. The third-order valence-electron chi connectivity index (χ3n) is 4.88. The van der Waals surface area contributed by atoms with Gasteiger partial charge in [0.1, 0.15) is 0 Å². The Morgan fingerprint density at radius 2 is 2.08 bits per heavy atom. The number of nitrogens with one attached hydrogen (secondary N) is 2. The van der Waals surface area contributed by atoms with E-state index in [2.05, 4.69) is 45.7 Å². The number of nitrogens with zero attached hydrogens (tertiary/aromatic N) is 4. The maximum atomic E-state index is 11.8. The smallest absolute Gasteiger partial charge is 0.223 e. The molecule has 1 aliphatic carbocycles. The van der Waals surface area contributed by atoms with E-state index in [0.29, 0.717) is 12.5 Å². The Bertz CT molecular complexity index is 618. The number of aliphatic imine (C=N–C) groups is 1. The van der Waals surface area contributed by atoms with Crippen LogP contribution in [0, 0.1) is 5.92 Å². The van der Waals surface area contributed by atoms with E-state index in [4.69, 9.17) is 0 Å². The molecule has 0 saturated heterocycles. The lowest BCUT2D eigenvalue weighted by atomic mass is 9.85. The number of aromatic nitrogens is 2. The summed E-state index contributed by atoms with van der Waals surface area (Å²) in [6.45, 7) is 6.59. The molecule has 1 aromatic heterocycles. The fraction of sp³-hybridized carbons (Fsp3) is 0.737. The maximum Gasteiger partial charge on any atom is 0.223 e. The number of rotatable bonds is 8. The topological polar surface area (TPSA) is 74.6 Å². The van der Waals surface area contributed by atoms with Crippen molar-refractivity contribution < 1.29 is 4.79 Å². The van der Waals surface area contributed by atoms with Crippen LogP contribution in [-0.2, 0) is 18.4 Å². The van der Waals surface area contributed by atoms with Gasteiger partial charge in [0.15, 0.2) is 5.96 Å². The van der Waals surface area contributed by atoms with Crippen LogP contribution in [0.15, 0.2) is 11.2 Å². The molecule has 0 bridgehead atoms. The molecule has 0 radical (unpaired) electrons. The molecule has 7 heteroatoms. The number of hydrogen-bond acceptors (Lipinski definition) is 3. The Morgan fingerprint density at radius 1 is 1.38 bits per heavy atom. The maximum absolute atomic E-state index is 11.8. The fourth-order valence-electron chi connectivity index (χ4n) is 3.19. The van der Waals surface area contributed by atoms with Gasteiger partial charge in [-0.3, -0.25) is 14.5 Å². The Kier molecular flexibility index (Phi) is 7.48. The van der Waals surface area contributed by atoms with E-state index in [-0.39, 0.29) is 11.8 Å². The van der Waals surface area contributed by atoms with Crippen molar-refractivity contribution in [1.29, 1.82) is 0 Å². The largest absolute Gasteiger partial charge is 0.356 e. The van der Waals surface area contributed by atoms with E-state index < -0.39 is 0 Å². The van der Waals surface area contributed by atoms with Crippen LogP contribution in [0.2, 0.25) is 0 Å². The second-order valence-electron chi connectivity index (χ2n) is 7.47. The van der Waals surface area contributed by atoms with Gasteiger partial charge in [-0.2, -0.15) is 5.10 Å². The van der Waals surface area contributed by atoms with Crippen LogP contribution in [0.4, 0.5) is 0 Å². The molecule has 7 nitrogen and oxygen atoms in total. The summed E-state index contributed by atoms with van der Waals surface area (Å²) >= 11 is 0. The van der Waals surface area contributed by atoms with Gasteiger partial charge in [-0.25, -0.2) is 0 Å². The molecule has 26 heavy (non-hydrogen) atoms. The van der Waals surface area contributed by atoms with E-state index in [9.17, 15) is 4.79 Å². The van der Waals surface area contributed by atoms with Crippen LogP contribution in [0.3, 0.4) is 0 Å².